The molecule has 0 bridgehead atoms. The van der Waals surface area contributed by atoms with Gasteiger partial charge < -0.3 is 10.8 Å². The Balaban J connectivity index is 2.45. The predicted molar refractivity (Wildman–Crippen MR) is 74.5 cm³/mol. The second-order valence-corrected chi connectivity index (χ2v) is 4.69. The number of nitrogens with two attached hydrogens (primary N) is 1. The van der Waals surface area contributed by atoms with Crippen molar-refractivity contribution in [3.8, 4) is 11.3 Å². The van der Waals surface area contributed by atoms with Gasteiger partial charge in [0.25, 0.3) is 0 Å². The molecular weight excluding hydrogens is 240 g/mol. The number of hydrogen-bond acceptors (Lipinski definition) is 4. The number of rotatable bonds is 5. The monoisotopic (exact) mass is 260 g/mol. The summed E-state index contributed by atoms with van der Waals surface area (Å²) in [6, 6.07) is 6.28. The molecule has 19 heavy (non-hydrogen) atoms. The van der Waals surface area contributed by atoms with Crippen LogP contribution >= 0.6 is 0 Å². The van der Waals surface area contributed by atoms with E-state index < -0.39 is 0 Å². The maximum atomic E-state index is 8.95. The van der Waals surface area contributed by atoms with Gasteiger partial charge in [-0.25, -0.2) is 4.68 Å². The van der Waals surface area contributed by atoms with E-state index in [0.717, 1.165) is 17.0 Å². The Hall–Kier alpha value is -1.72. The van der Waals surface area contributed by atoms with E-state index in [1.807, 2.05) is 4.68 Å². The summed E-state index contributed by atoms with van der Waals surface area (Å²) >= 11 is 0. The Morgan fingerprint density at radius 3 is 2.68 bits per heavy atom. The molecule has 5 heteroatoms. The summed E-state index contributed by atoms with van der Waals surface area (Å²) in [7, 11) is 0. The summed E-state index contributed by atoms with van der Waals surface area (Å²) < 4.78 is 1.82. The molecule has 0 unspecified atom stereocenters. The lowest BCUT2D eigenvalue weighted by molar-refractivity contribution is 0.276. The van der Waals surface area contributed by atoms with Crippen LogP contribution in [0.15, 0.2) is 18.2 Å². The van der Waals surface area contributed by atoms with Gasteiger partial charge in [-0.1, -0.05) is 17.3 Å². The second kappa shape index (κ2) is 5.95. The van der Waals surface area contributed by atoms with Gasteiger partial charge in [0.2, 0.25) is 0 Å². The highest BCUT2D eigenvalue weighted by Gasteiger charge is 2.14. The van der Waals surface area contributed by atoms with Gasteiger partial charge in [0.05, 0.1) is 5.69 Å². The lowest BCUT2D eigenvalue weighted by Crippen LogP contribution is -2.06. The van der Waals surface area contributed by atoms with Gasteiger partial charge in [0.1, 0.15) is 5.69 Å². The van der Waals surface area contributed by atoms with Crippen molar-refractivity contribution in [3.05, 3.63) is 35.0 Å². The van der Waals surface area contributed by atoms with Crippen LogP contribution in [0.4, 0.5) is 0 Å². The lowest BCUT2D eigenvalue weighted by atomic mass is 10.0. The number of hydrogen-bond donors (Lipinski definition) is 2. The molecule has 0 aliphatic rings. The molecule has 102 valence electrons. The molecule has 3 N–H and O–H groups in total. The average Bonchev–Trinajstić information content (AvgIpc) is 2.82. The Bertz CT molecular complexity index is 563. The predicted octanol–water partition coefficient (Wildman–Crippen LogP) is 1.40. The number of benzene rings is 1. The van der Waals surface area contributed by atoms with Crippen LogP contribution in [0.1, 0.15) is 23.2 Å². The Kier molecular flexibility index (Phi) is 4.29. The van der Waals surface area contributed by atoms with Crippen LogP contribution in [0, 0.1) is 13.8 Å². The maximum Gasteiger partial charge on any atom is 0.104 e. The molecule has 2 rings (SSSR count). The van der Waals surface area contributed by atoms with Crippen molar-refractivity contribution in [3.63, 3.8) is 0 Å². The molecule has 0 radical (unpaired) electrons. The third-order valence-electron chi connectivity index (χ3n) is 3.31. The van der Waals surface area contributed by atoms with Crippen molar-refractivity contribution in [2.45, 2.75) is 33.4 Å². The molecule has 1 heterocycles. The van der Waals surface area contributed by atoms with Gasteiger partial charge in [-0.05, 0) is 37.5 Å². The van der Waals surface area contributed by atoms with E-state index in [2.05, 4.69) is 42.4 Å². The highest BCUT2D eigenvalue weighted by Crippen LogP contribution is 2.24. The minimum absolute atomic E-state index is 0.143. The molecule has 1 aromatic heterocycles. The minimum Gasteiger partial charge on any atom is -0.396 e. The molecule has 0 atom stereocenters. The number of aromatic nitrogens is 3. The van der Waals surface area contributed by atoms with Crippen LogP contribution in [-0.2, 0) is 13.1 Å². The van der Waals surface area contributed by atoms with Crippen LogP contribution in [0.3, 0.4) is 0 Å². The molecule has 0 aliphatic carbocycles. The highest BCUT2D eigenvalue weighted by atomic mass is 16.3. The lowest BCUT2D eigenvalue weighted by Gasteiger charge is -2.09. The molecule has 5 nitrogen and oxygen atoms in total. The molecule has 0 saturated heterocycles. The fraction of sp³-hybridized carbons (Fsp3) is 0.429. The fourth-order valence-corrected chi connectivity index (χ4v) is 2.07. The molecule has 0 saturated carbocycles. The molecule has 1 aromatic carbocycles. The molecule has 2 aromatic rings. The summed E-state index contributed by atoms with van der Waals surface area (Å²) in [5, 5.41) is 17.2. The maximum absolute atomic E-state index is 8.95. The average molecular weight is 260 g/mol. The van der Waals surface area contributed by atoms with Gasteiger partial charge in [0.15, 0.2) is 0 Å². The smallest absolute Gasteiger partial charge is 0.104 e. The summed E-state index contributed by atoms with van der Waals surface area (Å²) in [5.41, 5.74) is 11.0. The topological polar surface area (TPSA) is 77.0 Å². The normalized spacial score (nSPS) is 10.9. The summed E-state index contributed by atoms with van der Waals surface area (Å²) in [5.74, 6) is 0. The fourth-order valence-electron chi connectivity index (χ4n) is 2.07. The van der Waals surface area contributed by atoms with E-state index in [0.29, 0.717) is 19.5 Å². The molecular formula is C14H20N4O. The summed E-state index contributed by atoms with van der Waals surface area (Å²) in [6.45, 7) is 5.32. The summed E-state index contributed by atoms with van der Waals surface area (Å²) in [6.07, 6.45) is 0.658. The largest absolute Gasteiger partial charge is 0.396 e. The van der Waals surface area contributed by atoms with Crippen LogP contribution in [0.25, 0.3) is 11.3 Å². The van der Waals surface area contributed by atoms with E-state index >= 15 is 0 Å². The quantitative estimate of drug-likeness (QED) is 0.852. The first-order valence-corrected chi connectivity index (χ1v) is 6.48. The highest BCUT2D eigenvalue weighted by molar-refractivity contribution is 5.63. The first kappa shape index (κ1) is 13.7. The zero-order chi connectivity index (χ0) is 13.8. The third-order valence-corrected chi connectivity index (χ3v) is 3.31. The van der Waals surface area contributed by atoms with Gasteiger partial charge >= 0.3 is 0 Å². The SMILES string of the molecule is Cc1ccc(-c2c(CN)nnn2CCCO)cc1C. The van der Waals surface area contributed by atoms with E-state index in [-0.39, 0.29) is 6.61 Å². The number of aryl methyl sites for hydroxylation is 3. The first-order chi connectivity index (χ1) is 9.17. The molecule has 0 spiro atoms. The van der Waals surface area contributed by atoms with E-state index in [4.69, 9.17) is 10.8 Å². The Morgan fingerprint density at radius 2 is 2.05 bits per heavy atom. The number of aliphatic hydroxyl groups excluding tert-OH is 1. The number of nitrogens with zero attached hydrogens (tertiary/aromatic N) is 3. The zero-order valence-corrected chi connectivity index (χ0v) is 11.4. The van der Waals surface area contributed by atoms with Crippen molar-refractivity contribution < 1.29 is 5.11 Å². The van der Waals surface area contributed by atoms with Gasteiger partial charge in [-0.15, -0.1) is 5.10 Å². The first-order valence-electron chi connectivity index (χ1n) is 6.48. The van der Waals surface area contributed by atoms with Crippen molar-refractivity contribution in [2.75, 3.05) is 6.61 Å². The minimum atomic E-state index is 0.143. The van der Waals surface area contributed by atoms with E-state index in [1.165, 1.54) is 11.1 Å². The molecule has 0 fully saturated rings. The molecule has 0 aliphatic heterocycles. The second-order valence-electron chi connectivity index (χ2n) is 4.69. The third kappa shape index (κ3) is 2.83. The zero-order valence-electron chi connectivity index (χ0n) is 11.4. The summed E-state index contributed by atoms with van der Waals surface area (Å²) in [4.78, 5) is 0. The van der Waals surface area contributed by atoms with Crippen molar-refractivity contribution >= 4 is 0 Å². The standard InChI is InChI=1S/C14H20N4O/c1-10-4-5-12(8-11(10)2)14-13(9-15)16-17-18(14)6-3-7-19/h4-5,8,19H,3,6-7,9,15H2,1-2H3. The van der Waals surface area contributed by atoms with Crippen LogP contribution in [-0.4, -0.2) is 26.7 Å². The Morgan fingerprint density at radius 1 is 1.26 bits per heavy atom. The Labute approximate surface area is 113 Å². The van der Waals surface area contributed by atoms with Crippen molar-refractivity contribution in [1.82, 2.24) is 15.0 Å². The van der Waals surface area contributed by atoms with Crippen molar-refractivity contribution in [2.24, 2.45) is 5.73 Å². The van der Waals surface area contributed by atoms with Gasteiger partial charge in [-0.2, -0.15) is 0 Å². The van der Waals surface area contributed by atoms with E-state index in [9.17, 15) is 0 Å². The molecule has 0 amide bonds. The van der Waals surface area contributed by atoms with Gasteiger partial charge in [0, 0.05) is 25.3 Å². The van der Waals surface area contributed by atoms with Crippen LogP contribution in [0.2, 0.25) is 0 Å². The van der Waals surface area contributed by atoms with Crippen molar-refractivity contribution in [1.29, 1.82) is 0 Å². The van der Waals surface area contributed by atoms with Gasteiger partial charge in [-0.3, -0.25) is 0 Å². The number of aliphatic hydroxyl groups is 1. The van der Waals surface area contributed by atoms with Crippen LogP contribution < -0.4 is 5.73 Å². The van der Waals surface area contributed by atoms with E-state index in [1.54, 1.807) is 0 Å². The van der Waals surface area contributed by atoms with Crippen LogP contribution in [0.5, 0.6) is 0 Å².